The van der Waals surface area contributed by atoms with Crippen molar-refractivity contribution >= 4 is 19.8 Å². The molecule has 0 radical (unpaired) electrons. The summed E-state index contributed by atoms with van der Waals surface area (Å²) in [6, 6.07) is 6.37. The molecule has 0 aliphatic rings. The molecular weight excluding hydrogens is 261 g/mol. The van der Waals surface area contributed by atoms with E-state index >= 15 is 0 Å². The topological polar surface area (TPSA) is 0 Å². The quantitative estimate of drug-likeness (QED) is 0.412. The van der Waals surface area contributed by atoms with Gasteiger partial charge in [-0.1, -0.05) is 37.7 Å². The summed E-state index contributed by atoms with van der Waals surface area (Å²) in [6.45, 7) is 6.17. The van der Waals surface area contributed by atoms with Gasteiger partial charge in [0.05, 0.1) is 0 Å². The maximum atomic E-state index is 12.3. The van der Waals surface area contributed by atoms with Crippen molar-refractivity contribution < 1.29 is 13.2 Å². The van der Waals surface area contributed by atoms with Crippen molar-refractivity contribution in [2.24, 2.45) is 0 Å². The zero-order valence-electron chi connectivity index (χ0n) is 9.85. The molecule has 0 aliphatic carbocycles. The van der Waals surface area contributed by atoms with Crippen LogP contribution >= 0.6 is 11.8 Å². The smallest absolute Gasteiger partial charge is 0.160 e. The van der Waals surface area contributed by atoms with E-state index in [2.05, 4.69) is 31.1 Å². The number of hydrogen-bond donors (Lipinski definition) is 0. The molecule has 0 bridgehead atoms. The van der Waals surface area contributed by atoms with Crippen LogP contribution in [-0.2, 0) is 0 Å². The molecule has 1 aromatic carbocycles. The third kappa shape index (κ3) is 5.85. The number of thioether (sulfide) groups is 1. The predicted molar refractivity (Wildman–Crippen MR) is 68.6 cm³/mol. The first-order valence-corrected chi connectivity index (χ1v) is 9.37. The summed E-state index contributed by atoms with van der Waals surface area (Å²) in [7, 11) is -1.57. The van der Waals surface area contributed by atoms with Gasteiger partial charge in [0.2, 0.25) is 0 Å². The van der Waals surface area contributed by atoms with Gasteiger partial charge in [0.25, 0.3) is 0 Å². The van der Waals surface area contributed by atoms with E-state index in [4.69, 9.17) is 0 Å². The van der Waals surface area contributed by atoms with Crippen molar-refractivity contribution in [1.82, 2.24) is 0 Å². The van der Waals surface area contributed by atoms with E-state index in [1.807, 2.05) is 0 Å². The van der Waals surface area contributed by atoms with Crippen LogP contribution in [0.3, 0.4) is 0 Å². The zero-order valence-corrected chi connectivity index (χ0v) is 11.7. The molecule has 0 saturated heterocycles. The van der Waals surface area contributed by atoms with E-state index in [1.165, 1.54) is 6.07 Å². The van der Waals surface area contributed by atoms with Crippen LogP contribution in [0, 0.1) is 11.5 Å². The maximum absolute atomic E-state index is 12.3. The van der Waals surface area contributed by atoms with E-state index in [9.17, 15) is 13.2 Å². The van der Waals surface area contributed by atoms with Gasteiger partial charge in [-0.2, -0.15) is 13.2 Å². The molecule has 0 spiro atoms. The van der Waals surface area contributed by atoms with Crippen LogP contribution in [0.1, 0.15) is 5.56 Å². The Labute approximate surface area is 105 Å². The number of hydrogen-bond acceptors (Lipinski definition) is 1. The minimum absolute atomic E-state index is 0.109. The van der Waals surface area contributed by atoms with Crippen LogP contribution in [0.4, 0.5) is 13.2 Å². The second-order valence-electron chi connectivity index (χ2n) is 4.54. The minimum Gasteiger partial charge on any atom is -0.160 e. The second kappa shape index (κ2) is 5.19. The molecule has 1 rings (SSSR count). The molecule has 0 heterocycles. The van der Waals surface area contributed by atoms with Crippen molar-refractivity contribution in [3.05, 3.63) is 29.8 Å². The first-order chi connectivity index (χ1) is 7.67. The third-order valence-corrected chi connectivity index (χ3v) is 3.37. The van der Waals surface area contributed by atoms with Gasteiger partial charge < -0.3 is 0 Å². The Morgan fingerprint density at radius 2 is 1.71 bits per heavy atom. The van der Waals surface area contributed by atoms with Crippen LogP contribution in [0.5, 0.6) is 0 Å². The van der Waals surface area contributed by atoms with Crippen LogP contribution in [-0.4, -0.2) is 13.6 Å². The number of alkyl halides is 3. The molecule has 0 fully saturated rings. The molecule has 17 heavy (non-hydrogen) atoms. The van der Waals surface area contributed by atoms with Gasteiger partial charge >= 0.3 is 5.51 Å². The van der Waals surface area contributed by atoms with Gasteiger partial charge in [-0.25, -0.2) is 0 Å². The summed E-state index contributed by atoms with van der Waals surface area (Å²) in [4.78, 5) is 0.172. The van der Waals surface area contributed by atoms with Crippen molar-refractivity contribution in [2.45, 2.75) is 30.0 Å². The van der Waals surface area contributed by atoms with E-state index in [0.717, 1.165) is 0 Å². The summed E-state index contributed by atoms with van der Waals surface area (Å²) in [6.07, 6.45) is 0. The molecule has 0 saturated carbocycles. The van der Waals surface area contributed by atoms with Gasteiger partial charge in [0.1, 0.15) is 8.07 Å². The molecule has 5 heteroatoms. The highest BCUT2D eigenvalue weighted by Gasteiger charge is 2.30. The molecule has 92 valence electrons. The molecule has 0 unspecified atom stereocenters. The molecule has 0 nitrogen and oxygen atoms in total. The average molecular weight is 274 g/mol. The summed E-state index contributed by atoms with van der Waals surface area (Å²) in [5, 5.41) is 0. The Bertz CT molecular complexity index is 449. The van der Waals surface area contributed by atoms with Crippen molar-refractivity contribution in [1.29, 1.82) is 0 Å². The summed E-state index contributed by atoms with van der Waals surface area (Å²) in [5.41, 5.74) is -0.739. The zero-order chi connectivity index (χ0) is 13.1. The molecule has 0 aliphatic heterocycles. The highest BCUT2D eigenvalue weighted by atomic mass is 32.2. The highest BCUT2D eigenvalue weighted by Crippen LogP contribution is 2.38. The Kier molecular flexibility index (Phi) is 4.34. The number of benzene rings is 1. The molecule has 1 aromatic rings. The fourth-order valence-corrected chi connectivity index (χ4v) is 2.17. The molecule has 0 amide bonds. The Hall–Kier alpha value is -0.863. The fourth-order valence-electron chi connectivity index (χ4n) is 1.04. The predicted octanol–water partition coefficient (Wildman–Crippen LogP) is 4.53. The first kappa shape index (κ1) is 14.2. The van der Waals surface area contributed by atoms with Crippen molar-refractivity contribution in [2.75, 3.05) is 0 Å². The number of halogens is 3. The van der Waals surface area contributed by atoms with Crippen LogP contribution in [0.25, 0.3) is 0 Å². The van der Waals surface area contributed by atoms with E-state index in [0.29, 0.717) is 5.56 Å². The van der Waals surface area contributed by atoms with Gasteiger partial charge in [0, 0.05) is 10.5 Å². The van der Waals surface area contributed by atoms with Gasteiger partial charge in [0.15, 0.2) is 0 Å². The highest BCUT2D eigenvalue weighted by molar-refractivity contribution is 8.00. The fraction of sp³-hybridized carbons (Fsp3) is 0.333. The lowest BCUT2D eigenvalue weighted by atomic mass is 10.2. The van der Waals surface area contributed by atoms with Crippen LogP contribution in [0.15, 0.2) is 29.2 Å². The first-order valence-electron chi connectivity index (χ1n) is 5.05. The summed E-state index contributed by atoms with van der Waals surface area (Å²) < 4.78 is 37.0. The average Bonchev–Trinajstić information content (AvgIpc) is 2.12. The lowest BCUT2D eigenvalue weighted by molar-refractivity contribution is -0.0328. The van der Waals surface area contributed by atoms with E-state index < -0.39 is 13.6 Å². The third-order valence-electron chi connectivity index (χ3n) is 1.68. The van der Waals surface area contributed by atoms with Gasteiger partial charge in [-0.15, -0.1) is 5.54 Å². The maximum Gasteiger partial charge on any atom is 0.446 e. The Morgan fingerprint density at radius 1 is 1.12 bits per heavy atom. The molecule has 0 aromatic heterocycles. The SMILES string of the molecule is C[Si](C)(C)C#Cc1ccccc1SC(F)(F)F. The lowest BCUT2D eigenvalue weighted by Crippen LogP contribution is -2.16. The number of rotatable bonds is 1. The minimum atomic E-state index is -4.27. The van der Waals surface area contributed by atoms with Crippen LogP contribution in [0.2, 0.25) is 19.6 Å². The second-order valence-corrected chi connectivity index (χ2v) is 10.4. The van der Waals surface area contributed by atoms with E-state index in [1.54, 1.807) is 18.2 Å². The molecular formula is C12H13F3SSi. The van der Waals surface area contributed by atoms with E-state index in [-0.39, 0.29) is 16.7 Å². The van der Waals surface area contributed by atoms with Crippen LogP contribution < -0.4 is 0 Å². The molecule has 0 N–H and O–H groups in total. The standard InChI is InChI=1S/C12H13F3SSi/c1-17(2,3)9-8-10-6-4-5-7-11(10)16-12(13,14)15/h4-7H,1-3H3. The normalized spacial score (nSPS) is 11.9. The largest absolute Gasteiger partial charge is 0.446 e. The Balaban J connectivity index is 3.04. The van der Waals surface area contributed by atoms with Gasteiger partial charge in [-0.05, 0) is 23.9 Å². The lowest BCUT2D eigenvalue weighted by Gasteiger charge is -2.08. The van der Waals surface area contributed by atoms with Crippen molar-refractivity contribution in [3.8, 4) is 11.5 Å². The summed E-state index contributed by atoms with van der Waals surface area (Å²) >= 11 is -0.109. The van der Waals surface area contributed by atoms with Gasteiger partial charge in [-0.3, -0.25) is 0 Å². The summed E-state index contributed by atoms with van der Waals surface area (Å²) in [5.74, 6) is 2.87. The molecule has 0 atom stereocenters. The Morgan fingerprint density at radius 3 is 2.24 bits per heavy atom. The monoisotopic (exact) mass is 274 g/mol. The van der Waals surface area contributed by atoms with Crippen molar-refractivity contribution in [3.63, 3.8) is 0 Å².